The normalized spacial score (nSPS) is 30.5. The Bertz CT molecular complexity index is 159. The Balaban J connectivity index is 2.64. The number of carbonyl (C=O) groups is 1. The van der Waals surface area contributed by atoms with Gasteiger partial charge in [-0.1, -0.05) is 0 Å². The molecule has 0 spiro atoms. The van der Waals surface area contributed by atoms with Gasteiger partial charge in [0, 0.05) is 14.1 Å². The van der Waals surface area contributed by atoms with Gasteiger partial charge in [-0.05, 0) is 26.3 Å². The molecule has 0 unspecified atom stereocenters. The predicted molar refractivity (Wildman–Crippen MR) is 44.3 cm³/mol. The van der Waals surface area contributed by atoms with E-state index in [1.54, 1.807) is 19.0 Å². The van der Waals surface area contributed by atoms with E-state index in [1.807, 2.05) is 6.92 Å². The predicted octanol–water partition coefficient (Wildman–Crippen LogP) is 0.217. The topological polar surface area (TPSA) is 32.3 Å². The van der Waals surface area contributed by atoms with Crippen LogP contribution in [-0.2, 0) is 4.79 Å². The van der Waals surface area contributed by atoms with E-state index in [4.69, 9.17) is 0 Å². The maximum absolute atomic E-state index is 11.5. The van der Waals surface area contributed by atoms with Crippen LogP contribution in [0.3, 0.4) is 0 Å². The summed E-state index contributed by atoms with van der Waals surface area (Å²) in [7, 11) is 3.60. The van der Waals surface area contributed by atoms with Crippen molar-refractivity contribution in [3.8, 4) is 0 Å². The van der Waals surface area contributed by atoms with E-state index in [1.165, 1.54) is 0 Å². The van der Waals surface area contributed by atoms with E-state index < -0.39 is 0 Å². The molecule has 1 saturated heterocycles. The lowest BCUT2D eigenvalue weighted by Gasteiger charge is -2.26. The van der Waals surface area contributed by atoms with Gasteiger partial charge in [0.2, 0.25) is 5.91 Å². The summed E-state index contributed by atoms with van der Waals surface area (Å²) in [6, 6.07) is 0. The average Bonchev–Trinajstić information content (AvgIpc) is 2.35. The lowest BCUT2D eigenvalue weighted by molar-refractivity contribution is -0.134. The molecule has 1 amide bonds. The molecule has 1 N–H and O–H groups in total. The minimum absolute atomic E-state index is 0.190. The smallest absolute Gasteiger partial charge is 0.242 e. The summed E-state index contributed by atoms with van der Waals surface area (Å²) < 4.78 is 0. The molecule has 0 aromatic heterocycles. The Morgan fingerprint density at radius 3 is 2.55 bits per heavy atom. The van der Waals surface area contributed by atoms with Crippen molar-refractivity contribution in [1.82, 2.24) is 10.2 Å². The largest absolute Gasteiger partial charge is 0.347 e. The highest BCUT2D eigenvalue weighted by Gasteiger charge is 2.36. The zero-order chi connectivity index (χ0) is 8.48. The van der Waals surface area contributed by atoms with Crippen molar-refractivity contribution in [2.75, 3.05) is 20.6 Å². The van der Waals surface area contributed by atoms with E-state index in [0.29, 0.717) is 0 Å². The summed E-state index contributed by atoms with van der Waals surface area (Å²) in [6.45, 7) is 2.94. The molecule has 3 nitrogen and oxygen atoms in total. The Labute approximate surface area is 67.8 Å². The lowest BCUT2D eigenvalue weighted by Crippen LogP contribution is -2.50. The SMILES string of the molecule is CN(C)C(=O)[C@]1(C)CCCN1. The molecular weight excluding hydrogens is 140 g/mol. The van der Waals surface area contributed by atoms with Crippen LogP contribution >= 0.6 is 0 Å². The summed E-state index contributed by atoms with van der Waals surface area (Å²) in [4.78, 5) is 13.2. The van der Waals surface area contributed by atoms with Crippen molar-refractivity contribution < 1.29 is 4.79 Å². The summed E-state index contributed by atoms with van der Waals surface area (Å²) >= 11 is 0. The van der Waals surface area contributed by atoms with Gasteiger partial charge < -0.3 is 10.2 Å². The maximum atomic E-state index is 11.5. The third kappa shape index (κ3) is 1.53. The minimum Gasteiger partial charge on any atom is -0.347 e. The number of amides is 1. The molecule has 3 heteroatoms. The molecule has 1 aliphatic heterocycles. The van der Waals surface area contributed by atoms with Crippen molar-refractivity contribution in [2.45, 2.75) is 25.3 Å². The highest BCUT2D eigenvalue weighted by atomic mass is 16.2. The monoisotopic (exact) mass is 156 g/mol. The van der Waals surface area contributed by atoms with Crippen LogP contribution in [0.5, 0.6) is 0 Å². The van der Waals surface area contributed by atoms with E-state index in [-0.39, 0.29) is 11.4 Å². The summed E-state index contributed by atoms with van der Waals surface area (Å²) in [5, 5.41) is 3.22. The lowest BCUT2D eigenvalue weighted by atomic mass is 9.99. The summed E-state index contributed by atoms with van der Waals surface area (Å²) in [5.41, 5.74) is -0.288. The van der Waals surface area contributed by atoms with Gasteiger partial charge in [0.05, 0.1) is 5.54 Å². The highest BCUT2D eigenvalue weighted by Crippen LogP contribution is 2.19. The number of nitrogens with one attached hydrogen (secondary N) is 1. The van der Waals surface area contributed by atoms with Gasteiger partial charge in [-0.2, -0.15) is 0 Å². The molecule has 0 aromatic carbocycles. The van der Waals surface area contributed by atoms with Crippen molar-refractivity contribution in [3.63, 3.8) is 0 Å². The van der Waals surface area contributed by atoms with Crippen molar-refractivity contribution in [2.24, 2.45) is 0 Å². The first kappa shape index (κ1) is 8.53. The number of rotatable bonds is 1. The highest BCUT2D eigenvalue weighted by molar-refractivity contribution is 5.85. The molecule has 64 valence electrons. The van der Waals surface area contributed by atoms with Crippen LogP contribution in [0.15, 0.2) is 0 Å². The van der Waals surface area contributed by atoms with Crippen molar-refractivity contribution in [3.05, 3.63) is 0 Å². The van der Waals surface area contributed by atoms with E-state index in [0.717, 1.165) is 19.4 Å². The first-order valence-electron chi connectivity index (χ1n) is 4.03. The zero-order valence-corrected chi connectivity index (χ0v) is 7.48. The molecule has 0 aliphatic carbocycles. The molecule has 0 bridgehead atoms. The average molecular weight is 156 g/mol. The molecule has 1 aliphatic rings. The van der Waals surface area contributed by atoms with Crippen LogP contribution in [-0.4, -0.2) is 37.0 Å². The molecule has 1 rings (SSSR count). The van der Waals surface area contributed by atoms with E-state index >= 15 is 0 Å². The van der Waals surface area contributed by atoms with E-state index in [9.17, 15) is 4.79 Å². The molecular formula is C8H16N2O. The van der Waals surface area contributed by atoms with Gasteiger partial charge in [0.15, 0.2) is 0 Å². The standard InChI is InChI=1S/C8H16N2O/c1-8(5-4-6-9-8)7(11)10(2)3/h9H,4-6H2,1-3H3/t8-/m0/s1. The fraction of sp³-hybridized carbons (Fsp3) is 0.875. The summed E-state index contributed by atoms with van der Waals surface area (Å²) in [5.74, 6) is 0.190. The number of carbonyl (C=O) groups excluding carboxylic acids is 1. The van der Waals surface area contributed by atoms with Gasteiger partial charge in [0.25, 0.3) is 0 Å². The van der Waals surface area contributed by atoms with Gasteiger partial charge in [-0.3, -0.25) is 4.79 Å². The fourth-order valence-electron chi connectivity index (χ4n) is 1.57. The summed E-state index contributed by atoms with van der Waals surface area (Å²) in [6.07, 6.45) is 2.07. The first-order valence-corrected chi connectivity index (χ1v) is 4.03. The van der Waals surface area contributed by atoms with Crippen LogP contribution in [0.25, 0.3) is 0 Å². The second-order valence-electron chi connectivity index (χ2n) is 3.56. The number of hydrogen-bond donors (Lipinski definition) is 1. The number of hydrogen-bond acceptors (Lipinski definition) is 2. The van der Waals surface area contributed by atoms with E-state index in [2.05, 4.69) is 5.32 Å². The third-order valence-electron chi connectivity index (χ3n) is 2.25. The second kappa shape index (κ2) is 2.81. The van der Waals surface area contributed by atoms with Crippen LogP contribution < -0.4 is 5.32 Å². The van der Waals surface area contributed by atoms with Crippen LogP contribution in [0, 0.1) is 0 Å². The van der Waals surface area contributed by atoms with Crippen LogP contribution in [0.1, 0.15) is 19.8 Å². The molecule has 1 fully saturated rings. The molecule has 11 heavy (non-hydrogen) atoms. The molecule has 0 saturated carbocycles. The fourth-order valence-corrected chi connectivity index (χ4v) is 1.57. The zero-order valence-electron chi connectivity index (χ0n) is 7.48. The van der Waals surface area contributed by atoms with Crippen LogP contribution in [0.2, 0.25) is 0 Å². The van der Waals surface area contributed by atoms with Crippen molar-refractivity contribution >= 4 is 5.91 Å². The van der Waals surface area contributed by atoms with Crippen molar-refractivity contribution in [1.29, 1.82) is 0 Å². The van der Waals surface area contributed by atoms with Gasteiger partial charge in [0.1, 0.15) is 0 Å². The quantitative estimate of drug-likeness (QED) is 0.589. The molecule has 0 aromatic rings. The Kier molecular flexibility index (Phi) is 2.18. The number of likely N-dealkylation sites (N-methyl/N-ethyl adjacent to an activating group) is 1. The Hall–Kier alpha value is -0.570. The van der Waals surface area contributed by atoms with Gasteiger partial charge in [-0.15, -0.1) is 0 Å². The first-order chi connectivity index (χ1) is 5.06. The molecule has 1 atom stereocenters. The second-order valence-corrected chi connectivity index (χ2v) is 3.56. The van der Waals surface area contributed by atoms with Gasteiger partial charge >= 0.3 is 0 Å². The van der Waals surface area contributed by atoms with Gasteiger partial charge in [-0.25, -0.2) is 0 Å². The minimum atomic E-state index is -0.288. The Morgan fingerprint density at radius 1 is 1.55 bits per heavy atom. The third-order valence-corrected chi connectivity index (χ3v) is 2.25. The number of nitrogens with zero attached hydrogens (tertiary/aromatic N) is 1. The molecule has 0 radical (unpaired) electrons. The molecule has 1 heterocycles. The van der Waals surface area contributed by atoms with Crippen LogP contribution in [0.4, 0.5) is 0 Å². The maximum Gasteiger partial charge on any atom is 0.242 e. The Morgan fingerprint density at radius 2 is 2.18 bits per heavy atom.